The normalized spacial score (nSPS) is 19.4. The molecule has 5 nitrogen and oxygen atoms in total. The largest absolute Gasteiger partial charge is 0.391 e. The van der Waals surface area contributed by atoms with Crippen molar-refractivity contribution >= 4 is 5.91 Å². The van der Waals surface area contributed by atoms with Gasteiger partial charge >= 0.3 is 0 Å². The van der Waals surface area contributed by atoms with Crippen molar-refractivity contribution in [2.24, 2.45) is 0 Å². The minimum atomic E-state index is -0.457. The van der Waals surface area contributed by atoms with Gasteiger partial charge in [-0.2, -0.15) is 0 Å². The molecule has 17 heavy (non-hydrogen) atoms. The molecule has 0 radical (unpaired) electrons. The van der Waals surface area contributed by atoms with E-state index in [-0.39, 0.29) is 11.9 Å². The molecule has 1 aliphatic heterocycles. The number of nitrogens with one attached hydrogen (secondary N) is 1. The highest BCUT2D eigenvalue weighted by molar-refractivity contribution is 5.81. The molecule has 0 aliphatic carbocycles. The lowest BCUT2D eigenvalue weighted by molar-refractivity contribution is -0.131. The molecule has 2 atom stereocenters. The highest BCUT2D eigenvalue weighted by Gasteiger charge is 2.22. The fraction of sp³-hybridized carbons (Fsp3) is 0.917. The molecular weight excluding hydrogens is 220 g/mol. The van der Waals surface area contributed by atoms with E-state index >= 15 is 0 Å². The van der Waals surface area contributed by atoms with Crippen LogP contribution in [-0.2, 0) is 9.53 Å². The molecule has 0 spiro atoms. The molecule has 0 aromatic heterocycles. The van der Waals surface area contributed by atoms with Crippen molar-refractivity contribution < 1.29 is 14.6 Å². The first-order valence-electron chi connectivity index (χ1n) is 6.34. The van der Waals surface area contributed by atoms with Crippen LogP contribution >= 0.6 is 0 Å². The molecule has 0 aromatic carbocycles. The summed E-state index contributed by atoms with van der Waals surface area (Å²) in [5.74, 6) is 0.170. The second kappa shape index (κ2) is 7.63. The van der Waals surface area contributed by atoms with Crippen molar-refractivity contribution in [3.63, 3.8) is 0 Å². The maximum atomic E-state index is 11.9. The lowest BCUT2D eigenvalue weighted by Gasteiger charge is -2.21. The Morgan fingerprint density at radius 3 is 2.71 bits per heavy atom. The number of carbonyl (C=O) groups is 1. The number of nitrogens with zero attached hydrogens (tertiary/aromatic N) is 1. The Kier molecular flexibility index (Phi) is 6.47. The third kappa shape index (κ3) is 5.02. The van der Waals surface area contributed by atoms with Gasteiger partial charge in [0.2, 0.25) is 5.91 Å². The SMILES string of the molecule is COCC(O)CCNC(C)C(=O)N1CCCC1. The summed E-state index contributed by atoms with van der Waals surface area (Å²) in [5.41, 5.74) is 0. The van der Waals surface area contributed by atoms with Crippen LogP contribution in [0, 0.1) is 0 Å². The second-order valence-corrected chi connectivity index (χ2v) is 4.61. The summed E-state index contributed by atoms with van der Waals surface area (Å²) in [6.45, 7) is 4.62. The predicted molar refractivity (Wildman–Crippen MR) is 65.8 cm³/mol. The fourth-order valence-corrected chi connectivity index (χ4v) is 2.04. The fourth-order valence-electron chi connectivity index (χ4n) is 2.04. The van der Waals surface area contributed by atoms with E-state index in [0.717, 1.165) is 25.9 Å². The summed E-state index contributed by atoms with van der Waals surface area (Å²) in [4.78, 5) is 13.8. The van der Waals surface area contributed by atoms with E-state index in [2.05, 4.69) is 5.32 Å². The van der Waals surface area contributed by atoms with Crippen molar-refractivity contribution in [1.82, 2.24) is 10.2 Å². The smallest absolute Gasteiger partial charge is 0.239 e. The number of hydrogen-bond donors (Lipinski definition) is 2. The van der Waals surface area contributed by atoms with Gasteiger partial charge in [0.15, 0.2) is 0 Å². The summed E-state index contributed by atoms with van der Waals surface area (Å²) in [6.07, 6.45) is 2.38. The van der Waals surface area contributed by atoms with E-state index in [9.17, 15) is 9.90 Å². The Morgan fingerprint density at radius 1 is 1.47 bits per heavy atom. The third-order valence-electron chi connectivity index (χ3n) is 3.08. The highest BCUT2D eigenvalue weighted by atomic mass is 16.5. The second-order valence-electron chi connectivity index (χ2n) is 4.61. The van der Waals surface area contributed by atoms with Crippen molar-refractivity contribution in [3.05, 3.63) is 0 Å². The number of aliphatic hydroxyl groups excluding tert-OH is 1. The van der Waals surface area contributed by atoms with Crippen LogP contribution in [0.25, 0.3) is 0 Å². The highest BCUT2D eigenvalue weighted by Crippen LogP contribution is 2.08. The Bertz CT molecular complexity index is 230. The molecule has 1 fully saturated rings. The molecule has 1 aliphatic rings. The molecule has 0 saturated carbocycles. The van der Waals surface area contributed by atoms with Gasteiger partial charge in [0.05, 0.1) is 18.8 Å². The summed E-state index contributed by atoms with van der Waals surface area (Å²) >= 11 is 0. The molecule has 1 rings (SSSR count). The van der Waals surface area contributed by atoms with Gasteiger partial charge in [0.1, 0.15) is 0 Å². The summed E-state index contributed by atoms with van der Waals surface area (Å²) in [5, 5.41) is 12.6. The van der Waals surface area contributed by atoms with Gasteiger partial charge in [0.25, 0.3) is 0 Å². The Balaban J connectivity index is 2.15. The number of methoxy groups -OCH3 is 1. The first kappa shape index (κ1) is 14.4. The van der Waals surface area contributed by atoms with Crippen LogP contribution in [0.3, 0.4) is 0 Å². The summed E-state index contributed by atoms with van der Waals surface area (Å²) in [6, 6.07) is -0.164. The molecule has 0 aromatic rings. The molecule has 0 bridgehead atoms. The standard InChI is InChI=1S/C12H24N2O3/c1-10(12(16)14-7-3-4-8-14)13-6-5-11(15)9-17-2/h10-11,13,15H,3-9H2,1-2H3. The number of ether oxygens (including phenoxy) is 1. The number of likely N-dealkylation sites (tertiary alicyclic amines) is 1. The minimum absolute atomic E-state index is 0.164. The number of amides is 1. The Labute approximate surface area is 103 Å². The number of aliphatic hydroxyl groups is 1. The van der Waals surface area contributed by atoms with E-state index in [1.807, 2.05) is 11.8 Å². The first-order chi connectivity index (χ1) is 8.15. The minimum Gasteiger partial charge on any atom is -0.391 e. The lowest BCUT2D eigenvalue weighted by Crippen LogP contribution is -2.44. The van der Waals surface area contributed by atoms with E-state index in [4.69, 9.17) is 4.74 Å². The van der Waals surface area contributed by atoms with Crippen molar-refractivity contribution in [2.45, 2.75) is 38.3 Å². The van der Waals surface area contributed by atoms with Gasteiger partial charge < -0.3 is 20.1 Å². The van der Waals surface area contributed by atoms with Crippen LogP contribution in [0.1, 0.15) is 26.2 Å². The van der Waals surface area contributed by atoms with E-state index < -0.39 is 6.10 Å². The Hall–Kier alpha value is -0.650. The maximum Gasteiger partial charge on any atom is 0.239 e. The molecule has 5 heteroatoms. The van der Waals surface area contributed by atoms with E-state index in [0.29, 0.717) is 19.6 Å². The van der Waals surface area contributed by atoms with Crippen LogP contribution in [0.15, 0.2) is 0 Å². The number of hydrogen-bond acceptors (Lipinski definition) is 4. The average molecular weight is 244 g/mol. The number of carbonyl (C=O) groups excluding carboxylic acids is 1. The van der Waals surface area contributed by atoms with E-state index in [1.165, 1.54) is 0 Å². The summed E-state index contributed by atoms with van der Waals surface area (Å²) < 4.78 is 4.84. The molecule has 2 N–H and O–H groups in total. The van der Waals surface area contributed by atoms with Crippen LogP contribution in [0.5, 0.6) is 0 Å². The van der Waals surface area contributed by atoms with Gasteiger partial charge in [0, 0.05) is 20.2 Å². The monoisotopic (exact) mass is 244 g/mol. The molecule has 1 amide bonds. The third-order valence-corrected chi connectivity index (χ3v) is 3.08. The summed E-state index contributed by atoms with van der Waals surface area (Å²) in [7, 11) is 1.57. The van der Waals surface area contributed by atoms with Crippen LogP contribution in [0.2, 0.25) is 0 Å². The first-order valence-corrected chi connectivity index (χ1v) is 6.34. The van der Waals surface area contributed by atoms with Gasteiger partial charge in [-0.3, -0.25) is 4.79 Å². The van der Waals surface area contributed by atoms with Crippen molar-refractivity contribution in [2.75, 3.05) is 33.4 Å². The van der Waals surface area contributed by atoms with E-state index in [1.54, 1.807) is 7.11 Å². The average Bonchev–Trinajstić information content (AvgIpc) is 2.81. The van der Waals surface area contributed by atoms with Gasteiger partial charge in [-0.15, -0.1) is 0 Å². The van der Waals surface area contributed by atoms with Gasteiger partial charge in [-0.05, 0) is 32.7 Å². The van der Waals surface area contributed by atoms with Gasteiger partial charge in [-0.1, -0.05) is 0 Å². The number of rotatable bonds is 7. The molecule has 1 heterocycles. The molecule has 100 valence electrons. The zero-order valence-corrected chi connectivity index (χ0v) is 10.8. The van der Waals surface area contributed by atoms with Crippen LogP contribution in [0.4, 0.5) is 0 Å². The molecule has 2 unspecified atom stereocenters. The molecular formula is C12H24N2O3. The van der Waals surface area contributed by atoms with Gasteiger partial charge in [-0.25, -0.2) is 0 Å². The maximum absolute atomic E-state index is 11.9. The lowest BCUT2D eigenvalue weighted by atomic mass is 10.2. The predicted octanol–water partition coefficient (Wildman–Crippen LogP) is -0.0157. The van der Waals surface area contributed by atoms with Crippen molar-refractivity contribution in [1.29, 1.82) is 0 Å². The van der Waals surface area contributed by atoms with Crippen LogP contribution < -0.4 is 5.32 Å². The van der Waals surface area contributed by atoms with Crippen molar-refractivity contribution in [3.8, 4) is 0 Å². The quantitative estimate of drug-likeness (QED) is 0.661. The van der Waals surface area contributed by atoms with Crippen LogP contribution in [-0.4, -0.2) is 61.4 Å². The topological polar surface area (TPSA) is 61.8 Å². The zero-order valence-electron chi connectivity index (χ0n) is 10.8. The zero-order chi connectivity index (χ0) is 12.7. The Morgan fingerprint density at radius 2 is 2.12 bits per heavy atom. The molecule has 1 saturated heterocycles.